The third-order valence-electron chi connectivity index (χ3n) is 4.22. The van der Waals surface area contributed by atoms with Gasteiger partial charge in [0.05, 0.1) is 18.2 Å². The predicted octanol–water partition coefficient (Wildman–Crippen LogP) is 1.39. The Hall–Kier alpha value is -1.83. The van der Waals surface area contributed by atoms with Crippen molar-refractivity contribution >= 4 is 5.91 Å². The maximum atomic E-state index is 12.4. The molecule has 4 heteroatoms. The van der Waals surface area contributed by atoms with E-state index in [4.69, 9.17) is 9.84 Å². The number of aryl methyl sites for hydroxylation is 1. The number of carbonyl (C=O) groups is 1. The van der Waals surface area contributed by atoms with E-state index in [0.717, 1.165) is 30.4 Å². The van der Waals surface area contributed by atoms with Gasteiger partial charge in [0.15, 0.2) is 0 Å². The number of aliphatic hydroxyl groups is 1. The molecule has 2 aliphatic rings. The van der Waals surface area contributed by atoms with Gasteiger partial charge in [-0.05, 0) is 43.9 Å². The normalized spacial score (nSPS) is 26.3. The second kappa shape index (κ2) is 5.88. The molecule has 0 aromatic heterocycles. The molecule has 3 unspecified atom stereocenters. The fourth-order valence-corrected chi connectivity index (χ4v) is 3.07. The molecule has 2 heterocycles. The van der Waals surface area contributed by atoms with Gasteiger partial charge in [-0.3, -0.25) is 4.79 Å². The van der Waals surface area contributed by atoms with Crippen LogP contribution < -0.4 is 5.32 Å². The van der Waals surface area contributed by atoms with Crippen molar-refractivity contribution in [1.82, 2.24) is 5.32 Å². The summed E-state index contributed by atoms with van der Waals surface area (Å²) in [5.41, 5.74) is 2.38. The Morgan fingerprint density at radius 2 is 2.33 bits per heavy atom. The van der Waals surface area contributed by atoms with Crippen LogP contribution in [0.15, 0.2) is 18.2 Å². The van der Waals surface area contributed by atoms with Crippen molar-refractivity contribution in [3.63, 3.8) is 0 Å². The van der Waals surface area contributed by atoms with Crippen LogP contribution in [-0.2, 0) is 4.74 Å². The highest BCUT2D eigenvalue weighted by molar-refractivity contribution is 5.95. The molecule has 0 aliphatic carbocycles. The van der Waals surface area contributed by atoms with Crippen LogP contribution in [0.3, 0.4) is 0 Å². The Labute approximate surface area is 124 Å². The van der Waals surface area contributed by atoms with Crippen molar-refractivity contribution < 1.29 is 14.6 Å². The minimum atomic E-state index is -0.182. The van der Waals surface area contributed by atoms with Crippen molar-refractivity contribution in [2.24, 2.45) is 0 Å². The molecular weight excluding hydrogens is 266 g/mol. The van der Waals surface area contributed by atoms with E-state index in [0.29, 0.717) is 11.7 Å². The highest BCUT2D eigenvalue weighted by Crippen LogP contribution is 2.34. The Morgan fingerprint density at radius 1 is 1.48 bits per heavy atom. The van der Waals surface area contributed by atoms with Crippen LogP contribution in [0.25, 0.3) is 0 Å². The maximum Gasteiger partial charge on any atom is 0.251 e. The molecule has 0 saturated carbocycles. The van der Waals surface area contributed by atoms with E-state index in [9.17, 15) is 4.79 Å². The number of fused-ring (bicyclic) bond motifs is 2. The van der Waals surface area contributed by atoms with Gasteiger partial charge in [0.2, 0.25) is 0 Å². The Bertz CT molecular complexity index is 614. The second-order valence-electron chi connectivity index (χ2n) is 5.68. The Balaban J connectivity index is 1.72. The van der Waals surface area contributed by atoms with E-state index in [1.54, 1.807) is 6.07 Å². The lowest BCUT2D eigenvalue weighted by Gasteiger charge is -2.20. The number of aliphatic hydroxyl groups excluding tert-OH is 1. The van der Waals surface area contributed by atoms with Crippen LogP contribution >= 0.6 is 0 Å². The summed E-state index contributed by atoms with van der Waals surface area (Å²) in [6, 6.07) is 5.60. The molecule has 110 valence electrons. The van der Waals surface area contributed by atoms with E-state index >= 15 is 0 Å². The van der Waals surface area contributed by atoms with Gasteiger partial charge < -0.3 is 15.2 Å². The molecule has 1 aromatic carbocycles. The van der Waals surface area contributed by atoms with Crippen molar-refractivity contribution in [2.75, 3.05) is 6.61 Å². The quantitative estimate of drug-likeness (QED) is 0.807. The highest BCUT2D eigenvalue weighted by Gasteiger charge is 2.41. The number of amides is 1. The Kier molecular flexibility index (Phi) is 3.96. The molecule has 0 radical (unpaired) electrons. The first-order valence-corrected chi connectivity index (χ1v) is 7.34. The zero-order chi connectivity index (χ0) is 14.8. The summed E-state index contributed by atoms with van der Waals surface area (Å²) in [4.78, 5) is 12.4. The smallest absolute Gasteiger partial charge is 0.251 e. The molecule has 1 amide bonds. The molecule has 21 heavy (non-hydrogen) atoms. The number of carbonyl (C=O) groups excluding carboxylic acids is 1. The van der Waals surface area contributed by atoms with Crippen LogP contribution in [0.1, 0.15) is 40.7 Å². The minimum absolute atomic E-state index is 0.0804. The van der Waals surface area contributed by atoms with Crippen LogP contribution in [-0.4, -0.2) is 35.9 Å². The number of rotatable bonds is 2. The van der Waals surface area contributed by atoms with Crippen molar-refractivity contribution in [1.29, 1.82) is 0 Å². The van der Waals surface area contributed by atoms with E-state index < -0.39 is 0 Å². The van der Waals surface area contributed by atoms with Gasteiger partial charge in [-0.1, -0.05) is 17.9 Å². The summed E-state index contributed by atoms with van der Waals surface area (Å²) in [7, 11) is 0. The minimum Gasteiger partial charge on any atom is -0.384 e. The van der Waals surface area contributed by atoms with E-state index in [2.05, 4.69) is 17.2 Å². The monoisotopic (exact) mass is 285 g/mol. The van der Waals surface area contributed by atoms with Crippen LogP contribution in [0, 0.1) is 18.8 Å². The maximum absolute atomic E-state index is 12.4. The number of nitrogens with one attached hydrogen (secondary N) is 1. The number of hydrogen-bond acceptors (Lipinski definition) is 3. The van der Waals surface area contributed by atoms with Gasteiger partial charge in [0.1, 0.15) is 6.61 Å². The molecule has 2 N–H and O–H groups in total. The average molecular weight is 285 g/mol. The average Bonchev–Trinajstić information content (AvgIpc) is 3.09. The van der Waals surface area contributed by atoms with Crippen LogP contribution in [0.4, 0.5) is 0 Å². The summed E-state index contributed by atoms with van der Waals surface area (Å²) in [6.07, 6.45) is 3.57. The third-order valence-corrected chi connectivity index (χ3v) is 4.22. The standard InChI is InChI=1S/C17H19NO3/c1-11-4-5-13(9-12(11)3-2-8-19)17(20)18-15-10-14-6-7-16(15)21-14/h4-5,9,14-16,19H,6-8,10H2,1H3,(H,18,20). The molecule has 2 bridgehead atoms. The van der Waals surface area contributed by atoms with Crippen molar-refractivity contribution in [3.05, 3.63) is 34.9 Å². The van der Waals surface area contributed by atoms with E-state index in [1.165, 1.54) is 0 Å². The first kappa shape index (κ1) is 14.1. The summed E-state index contributed by atoms with van der Waals surface area (Å²) in [5, 5.41) is 11.8. The fourth-order valence-electron chi connectivity index (χ4n) is 3.07. The van der Waals surface area contributed by atoms with Crippen molar-refractivity contribution in [3.8, 4) is 11.8 Å². The molecule has 2 aliphatic heterocycles. The third kappa shape index (κ3) is 2.94. The van der Waals surface area contributed by atoms with Gasteiger partial charge in [-0.2, -0.15) is 0 Å². The first-order chi connectivity index (χ1) is 10.2. The number of benzene rings is 1. The molecule has 4 nitrogen and oxygen atoms in total. The molecule has 2 fully saturated rings. The van der Waals surface area contributed by atoms with Gasteiger partial charge in [0, 0.05) is 11.1 Å². The highest BCUT2D eigenvalue weighted by atomic mass is 16.5. The lowest BCUT2D eigenvalue weighted by atomic mass is 9.95. The molecule has 0 spiro atoms. The lowest BCUT2D eigenvalue weighted by Crippen LogP contribution is -2.41. The predicted molar refractivity (Wildman–Crippen MR) is 78.9 cm³/mol. The van der Waals surface area contributed by atoms with Gasteiger partial charge >= 0.3 is 0 Å². The van der Waals surface area contributed by atoms with E-state index in [-0.39, 0.29) is 24.7 Å². The summed E-state index contributed by atoms with van der Waals surface area (Å²) < 4.78 is 5.75. The van der Waals surface area contributed by atoms with Crippen molar-refractivity contribution in [2.45, 2.75) is 44.4 Å². The van der Waals surface area contributed by atoms with E-state index in [1.807, 2.05) is 19.1 Å². The first-order valence-electron chi connectivity index (χ1n) is 7.34. The van der Waals surface area contributed by atoms with Crippen LogP contribution in [0.2, 0.25) is 0 Å². The zero-order valence-electron chi connectivity index (χ0n) is 12.1. The summed E-state index contributed by atoms with van der Waals surface area (Å²) in [6.45, 7) is 1.76. The largest absolute Gasteiger partial charge is 0.384 e. The second-order valence-corrected chi connectivity index (χ2v) is 5.68. The molecular formula is C17H19NO3. The summed E-state index contributed by atoms with van der Waals surface area (Å²) in [5.74, 6) is 5.41. The zero-order valence-corrected chi connectivity index (χ0v) is 12.1. The van der Waals surface area contributed by atoms with Gasteiger partial charge in [-0.15, -0.1) is 0 Å². The molecule has 3 rings (SSSR count). The number of ether oxygens (including phenoxy) is 1. The van der Waals surface area contributed by atoms with Crippen LogP contribution in [0.5, 0.6) is 0 Å². The molecule has 1 aromatic rings. The number of hydrogen-bond donors (Lipinski definition) is 2. The molecule has 3 atom stereocenters. The SMILES string of the molecule is Cc1ccc(C(=O)NC2CC3CCC2O3)cc1C#CCO. The van der Waals surface area contributed by atoms with Gasteiger partial charge in [-0.25, -0.2) is 0 Å². The summed E-state index contributed by atoms with van der Waals surface area (Å²) >= 11 is 0. The lowest BCUT2D eigenvalue weighted by molar-refractivity contribution is 0.0841. The fraction of sp³-hybridized carbons (Fsp3) is 0.471. The topological polar surface area (TPSA) is 58.6 Å². The molecule has 2 saturated heterocycles. The van der Waals surface area contributed by atoms with Gasteiger partial charge in [0.25, 0.3) is 5.91 Å². The Morgan fingerprint density at radius 3 is 3.00 bits per heavy atom.